The fraction of sp³-hybridized carbons (Fsp3) is 0.444. The van der Waals surface area contributed by atoms with Gasteiger partial charge in [0.05, 0.1) is 0 Å². The van der Waals surface area contributed by atoms with Crippen LogP contribution in [0, 0.1) is 5.92 Å². The van der Waals surface area contributed by atoms with Crippen molar-refractivity contribution in [1.82, 2.24) is 0 Å². The molecule has 1 rings (SSSR count). The topological polar surface area (TPSA) is 17.1 Å². The van der Waals surface area contributed by atoms with Gasteiger partial charge in [-0.1, -0.05) is 25.2 Å². The van der Waals surface area contributed by atoms with Crippen molar-refractivity contribution in [3.05, 3.63) is 23.8 Å². The summed E-state index contributed by atoms with van der Waals surface area (Å²) in [5.41, 5.74) is 1.17. The van der Waals surface area contributed by atoms with E-state index in [1.54, 1.807) is 0 Å². The molecule has 0 heterocycles. The van der Waals surface area contributed by atoms with Crippen molar-refractivity contribution in [3.63, 3.8) is 0 Å². The van der Waals surface area contributed by atoms with E-state index in [1.807, 2.05) is 13.0 Å². The number of hydrogen-bond acceptors (Lipinski definition) is 1. The number of carbonyl (C=O) groups is 1. The Hall–Kier alpha value is -0.850. The number of aldehydes is 1. The third-order valence-corrected chi connectivity index (χ3v) is 1.75. The monoisotopic (exact) mass is 136 g/mol. The van der Waals surface area contributed by atoms with Crippen LogP contribution < -0.4 is 0 Å². The van der Waals surface area contributed by atoms with E-state index in [4.69, 9.17) is 0 Å². The van der Waals surface area contributed by atoms with E-state index in [0.29, 0.717) is 0 Å². The van der Waals surface area contributed by atoms with Gasteiger partial charge in [-0.05, 0) is 18.4 Å². The molecule has 1 aliphatic carbocycles. The minimum atomic E-state index is 0.0801. The zero-order chi connectivity index (χ0) is 7.40. The highest BCUT2D eigenvalue weighted by atomic mass is 16.1. The van der Waals surface area contributed by atoms with Gasteiger partial charge < -0.3 is 4.79 Å². The quantitative estimate of drug-likeness (QED) is 0.531. The van der Waals surface area contributed by atoms with E-state index >= 15 is 0 Å². The normalized spacial score (nSPS) is 19.9. The average molecular weight is 136 g/mol. The molecule has 0 N–H and O–H groups in total. The largest absolute Gasteiger partial charge is 0.303 e. The smallest absolute Gasteiger partial charge is 0.127 e. The number of rotatable bonds is 2. The van der Waals surface area contributed by atoms with Gasteiger partial charge in [-0.15, -0.1) is 0 Å². The molecule has 0 aromatic rings. The van der Waals surface area contributed by atoms with E-state index in [1.165, 1.54) is 5.57 Å². The Balaban J connectivity index is 2.62. The van der Waals surface area contributed by atoms with Crippen LogP contribution in [0.4, 0.5) is 0 Å². The first-order valence-electron chi connectivity index (χ1n) is 3.66. The summed E-state index contributed by atoms with van der Waals surface area (Å²) < 4.78 is 0. The standard InChI is InChI=1S/C9H12O/c1-8(7-10)9-5-3-2-4-6-9/h3,5-8H,2,4H2,1H3. The minimum absolute atomic E-state index is 0.0801. The summed E-state index contributed by atoms with van der Waals surface area (Å²) in [6.07, 6.45) is 9.50. The Labute approximate surface area is 61.4 Å². The number of carbonyl (C=O) groups excluding carboxylic acids is 1. The average Bonchev–Trinajstić information content (AvgIpc) is 2.05. The molecule has 0 aromatic heterocycles. The molecule has 0 radical (unpaired) electrons. The first-order chi connectivity index (χ1) is 4.84. The van der Waals surface area contributed by atoms with Gasteiger partial charge >= 0.3 is 0 Å². The molecule has 1 aliphatic rings. The molecule has 0 aromatic carbocycles. The molecule has 0 aliphatic heterocycles. The maximum Gasteiger partial charge on any atom is 0.127 e. The molecular formula is C9H12O. The summed E-state index contributed by atoms with van der Waals surface area (Å²) in [6, 6.07) is 0. The Morgan fingerprint density at radius 1 is 1.60 bits per heavy atom. The lowest BCUT2D eigenvalue weighted by atomic mass is 9.97. The van der Waals surface area contributed by atoms with Gasteiger partial charge in [0.25, 0.3) is 0 Å². The lowest BCUT2D eigenvalue weighted by Gasteiger charge is -2.08. The predicted octanol–water partition coefficient (Wildman–Crippen LogP) is 2.10. The summed E-state index contributed by atoms with van der Waals surface area (Å²) in [6.45, 7) is 1.93. The predicted molar refractivity (Wildman–Crippen MR) is 41.7 cm³/mol. The van der Waals surface area contributed by atoms with E-state index < -0.39 is 0 Å². The van der Waals surface area contributed by atoms with Crippen molar-refractivity contribution in [2.75, 3.05) is 0 Å². The molecule has 1 unspecified atom stereocenters. The van der Waals surface area contributed by atoms with Crippen LogP contribution in [0.5, 0.6) is 0 Å². The van der Waals surface area contributed by atoms with Crippen LogP contribution in [-0.4, -0.2) is 6.29 Å². The van der Waals surface area contributed by atoms with Crippen LogP contribution in [0.1, 0.15) is 19.8 Å². The van der Waals surface area contributed by atoms with Crippen molar-refractivity contribution in [1.29, 1.82) is 0 Å². The van der Waals surface area contributed by atoms with Gasteiger partial charge in [-0.25, -0.2) is 0 Å². The summed E-state index contributed by atoms with van der Waals surface area (Å²) in [5, 5.41) is 0. The van der Waals surface area contributed by atoms with Gasteiger partial charge in [0.1, 0.15) is 6.29 Å². The second kappa shape index (κ2) is 3.35. The van der Waals surface area contributed by atoms with Gasteiger partial charge in [0.2, 0.25) is 0 Å². The highest BCUT2D eigenvalue weighted by Crippen LogP contribution is 2.15. The maximum atomic E-state index is 10.3. The minimum Gasteiger partial charge on any atom is -0.303 e. The zero-order valence-electron chi connectivity index (χ0n) is 6.21. The van der Waals surface area contributed by atoms with Crippen molar-refractivity contribution < 1.29 is 4.79 Å². The van der Waals surface area contributed by atoms with E-state index in [9.17, 15) is 4.79 Å². The molecule has 1 heteroatoms. The van der Waals surface area contributed by atoms with Gasteiger partial charge in [-0.2, -0.15) is 0 Å². The first kappa shape index (κ1) is 7.26. The Morgan fingerprint density at radius 2 is 2.40 bits per heavy atom. The highest BCUT2D eigenvalue weighted by Gasteiger charge is 2.04. The van der Waals surface area contributed by atoms with Crippen molar-refractivity contribution >= 4 is 6.29 Å². The molecule has 1 nitrogen and oxygen atoms in total. The molecule has 0 spiro atoms. The van der Waals surface area contributed by atoms with Crippen LogP contribution >= 0.6 is 0 Å². The molecule has 0 fully saturated rings. The van der Waals surface area contributed by atoms with E-state index in [0.717, 1.165) is 19.1 Å². The lowest BCUT2D eigenvalue weighted by molar-refractivity contribution is -0.109. The second-order valence-corrected chi connectivity index (χ2v) is 2.61. The summed E-state index contributed by atoms with van der Waals surface area (Å²) in [4.78, 5) is 10.3. The highest BCUT2D eigenvalue weighted by molar-refractivity contribution is 5.60. The third kappa shape index (κ3) is 1.56. The zero-order valence-corrected chi connectivity index (χ0v) is 6.21. The van der Waals surface area contributed by atoms with Gasteiger partial charge in [0.15, 0.2) is 0 Å². The van der Waals surface area contributed by atoms with Crippen LogP contribution in [0.3, 0.4) is 0 Å². The molecule has 10 heavy (non-hydrogen) atoms. The summed E-state index contributed by atoms with van der Waals surface area (Å²) >= 11 is 0. The molecule has 0 saturated carbocycles. The van der Waals surface area contributed by atoms with Crippen molar-refractivity contribution in [3.8, 4) is 0 Å². The lowest BCUT2D eigenvalue weighted by Crippen LogP contribution is -1.99. The maximum absolute atomic E-state index is 10.3. The third-order valence-electron chi connectivity index (χ3n) is 1.75. The summed E-state index contributed by atoms with van der Waals surface area (Å²) in [5.74, 6) is 0.0801. The molecule has 0 bridgehead atoms. The fourth-order valence-electron chi connectivity index (χ4n) is 1.05. The SMILES string of the molecule is CC(C=O)C1=CCCC=C1. The van der Waals surface area contributed by atoms with Crippen molar-refractivity contribution in [2.45, 2.75) is 19.8 Å². The molecular weight excluding hydrogens is 124 g/mol. The van der Waals surface area contributed by atoms with Gasteiger partial charge in [-0.3, -0.25) is 0 Å². The Morgan fingerprint density at radius 3 is 2.90 bits per heavy atom. The molecule has 54 valence electrons. The molecule has 0 amide bonds. The molecule has 0 saturated heterocycles. The summed E-state index contributed by atoms with van der Waals surface area (Å²) in [7, 11) is 0. The van der Waals surface area contributed by atoms with E-state index in [-0.39, 0.29) is 5.92 Å². The van der Waals surface area contributed by atoms with Crippen LogP contribution in [0.15, 0.2) is 23.8 Å². The second-order valence-electron chi connectivity index (χ2n) is 2.61. The first-order valence-corrected chi connectivity index (χ1v) is 3.66. The number of hydrogen-bond donors (Lipinski definition) is 0. The van der Waals surface area contributed by atoms with Gasteiger partial charge in [0, 0.05) is 5.92 Å². The van der Waals surface area contributed by atoms with E-state index in [2.05, 4.69) is 12.2 Å². The Bertz CT molecular complexity index is 177. The fourth-order valence-corrected chi connectivity index (χ4v) is 1.05. The van der Waals surface area contributed by atoms with Crippen molar-refractivity contribution in [2.24, 2.45) is 5.92 Å². The van der Waals surface area contributed by atoms with Crippen LogP contribution in [0.25, 0.3) is 0 Å². The Kier molecular flexibility index (Phi) is 2.43. The molecule has 1 atom stereocenters. The van der Waals surface area contributed by atoms with Crippen LogP contribution in [-0.2, 0) is 4.79 Å². The van der Waals surface area contributed by atoms with Crippen LogP contribution in [0.2, 0.25) is 0 Å². The number of allylic oxidation sites excluding steroid dienone is 4.